The molecule has 2 unspecified atom stereocenters. The highest BCUT2D eigenvalue weighted by Gasteiger charge is 2.24. The number of carbonyl (C=O) groups is 2. The summed E-state index contributed by atoms with van der Waals surface area (Å²) in [6.07, 6.45) is 1.23. The first-order valence-electron chi connectivity index (χ1n) is 10.3. The van der Waals surface area contributed by atoms with Crippen molar-refractivity contribution >= 4 is 45.9 Å². The quantitative estimate of drug-likeness (QED) is 0.132. The Labute approximate surface area is 215 Å². The van der Waals surface area contributed by atoms with E-state index in [1.165, 1.54) is 18.2 Å². The fourth-order valence-electron chi connectivity index (χ4n) is 3.12. The van der Waals surface area contributed by atoms with Gasteiger partial charge < -0.3 is 32.1 Å². The monoisotopic (exact) mass is 573 g/mol. The van der Waals surface area contributed by atoms with E-state index in [4.69, 9.17) is 5.73 Å². The summed E-state index contributed by atoms with van der Waals surface area (Å²) in [5.74, 6) is -1.80. The predicted molar refractivity (Wildman–Crippen MR) is 135 cm³/mol. The Morgan fingerprint density at radius 1 is 1.03 bits per heavy atom. The molecule has 2 atom stereocenters. The van der Waals surface area contributed by atoms with E-state index < -0.39 is 39.5 Å². The van der Waals surface area contributed by atoms with Crippen molar-refractivity contribution in [3.8, 4) is 5.75 Å². The molecule has 0 spiro atoms. The number of phenolic OH excluding ortho intramolecular Hbond substituents is 1. The fourth-order valence-corrected chi connectivity index (χ4v) is 3.12. The van der Waals surface area contributed by atoms with Crippen LogP contribution in [0.2, 0.25) is 0 Å². The lowest BCUT2D eigenvalue weighted by molar-refractivity contribution is -0.393. The van der Waals surface area contributed by atoms with Crippen LogP contribution < -0.4 is 16.4 Å². The molecule has 198 valence electrons. The third kappa shape index (κ3) is 9.81. The van der Waals surface area contributed by atoms with E-state index in [0.29, 0.717) is 24.9 Å². The number of unbranched alkanes of at least 4 members (excludes halogenated alkanes) is 1. The Kier molecular flexibility index (Phi) is 13.6. The summed E-state index contributed by atoms with van der Waals surface area (Å²) in [6.45, 7) is 0.297. The highest BCUT2D eigenvalue weighted by Crippen LogP contribution is 2.28. The van der Waals surface area contributed by atoms with E-state index in [1.54, 1.807) is 12.1 Å². The summed E-state index contributed by atoms with van der Waals surface area (Å²) >= 11 is 0. The molecule has 0 aliphatic rings. The number of nitro groups is 2. The zero-order valence-corrected chi connectivity index (χ0v) is 20.7. The first kappa shape index (κ1) is 32.2. The van der Waals surface area contributed by atoms with Crippen LogP contribution in [0.1, 0.15) is 24.8 Å². The van der Waals surface area contributed by atoms with Crippen molar-refractivity contribution in [1.82, 2.24) is 5.32 Å². The number of nitrogens with two attached hydrogens (primary N) is 1. The number of hydrogen-bond donors (Lipinski definition) is 5. The van der Waals surface area contributed by atoms with Crippen LogP contribution in [0.4, 0.5) is 17.1 Å². The van der Waals surface area contributed by atoms with Crippen LogP contribution in [0.3, 0.4) is 0 Å². The number of non-ortho nitro benzene ring substituents is 1. The summed E-state index contributed by atoms with van der Waals surface area (Å²) in [4.78, 5) is 44.3. The van der Waals surface area contributed by atoms with Crippen molar-refractivity contribution in [2.24, 2.45) is 5.73 Å². The zero-order chi connectivity index (χ0) is 25.3. The zero-order valence-electron chi connectivity index (χ0n) is 19.0. The third-order valence-corrected chi connectivity index (χ3v) is 4.97. The van der Waals surface area contributed by atoms with E-state index in [1.807, 2.05) is 0 Å². The molecule has 2 rings (SSSR count). The molecule has 0 aliphatic carbocycles. The predicted octanol–water partition coefficient (Wildman–Crippen LogP) is 1.68. The minimum atomic E-state index is -1.22. The molecular formula is C21H28BrN5O9. The first-order chi connectivity index (χ1) is 16.1. The van der Waals surface area contributed by atoms with E-state index in [9.17, 15) is 40.0 Å². The number of nitro benzene ring substituents is 2. The number of aromatic hydroxyl groups is 1. The molecule has 0 fully saturated rings. The summed E-state index contributed by atoms with van der Waals surface area (Å²) in [5, 5.41) is 45.9. The summed E-state index contributed by atoms with van der Waals surface area (Å²) in [5.41, 5.74) is 5.81. The Morgan fingerprint density at radius 2 is 1.67 bits per heavy atom. The first-order valence-corrected chi connectivity index (χ1v) is 10.3. The summed E-state index contributed by atoms with van der Waals surface area (Å²) in [7, 11) is 0. The molecule has 0 heterocycles. The summed E-state index contributed by atoms with van der Waals surface area (Å²) in [6, 6.07) is 7.10. The number of carbonyl (C=O) groups excluding carboxylic acids is 1. The van der Waals surface area contributed by atoms with Gasteiger partial charge in [-0.05, 0) is 43.0 Å². The van der Waals surface area contributed by atoms with E-state index >= 15 is 0 Å². The van der Waals surface area contributed by atoms with Gasteiger partial charge in [-0.25, -0.2) is 4.79 Å². The minimum absolute atomic E-state index is 0. The minimum Gasteiger partial charge on any atom is -0.508 e. The number of aliphatic carboxylic acids is 1. The van der Waals surface area contributed by atoms with Gasteiger partial charge in [0, 0.05) is 19.0 Å². The maximum absolute atomic E-state index is 12.3. The molecular weight excluding hydrogens is 546 g/mol. The van der Waals surface area contributed by atoms with Crippen molar-refractivity contribution in [2.75, 3.05) is 11.9 Å². The van der Waals surface area contributed by atoms with E-state index in [0.717, 1.165) is 12.1 Å². The Morgan fingerprint density at radius 3 is 2.22 bits per heavy atom. The maximum atomic E-state index is 12.3. The topological polar surface area (TPSA) is 242 Å². The lowest BCUT2D eigenvalue weighted by Crippen LogP contribution is -2.49. The number of rotatable bonds is 13. The average molecular weight is 574 g/mol. The van der Waals surface area contributed by atoms with Gasteiger partial charge in [0.05, 0.1) is 22.0 Å². The lowest BCUT2D eigenvalue weighted by atomic mass is 10.0. The van der Waals surface area contributed by atoms with Gasteiger partial charge in [0.1, 0.15) is 17.5 Å². The smallest absolute Gasteiger partial charge is 0.326 e. The number of halogens is 1. The molecule has 0 bridgehead atoms. The number of anilines is 1. The molecule has 0 aliphatic heterocycles. The van der Waals surface area contributed by atoms with Crippen molar-refractivity contribution < 1.29 is 35.1 Å². The van der Waals surface area contributed by atoms with Gasteiger partial charge in [-0.1, -0.05) is 12.1 Å². The largest absolute Gasteiger partial charge is 0.508 e. The normalized spacial score (nSPS) is 11.7. The molecule has 36 heavy (non-hydrogen) atoms. The molecule has 1 amide bonds. The number of carboxylic acids is 1. The van der Waals surface area contributed by atoms with Gasteiger partial charge in [-0.2, -0.15) is 0 Å². The number of amides is 1. The standard InChI is InChI=1S/C21H25N5O8.BrH.H2O/c22-16(20(28)24-18(21(29)30)11-13-4-7-15(27)8-5-13)3-1-2-10-23-17-9-6-14(25(31)32)12-19(17)26(33)34;;/h4-9,12,16,18,23,27H,1-3,10-11,22H2,(H,24,28)(H,29,30);1H;1H2. The maximum Gasteiger partial charge on any atom is 0.326 e. The van der Waals surface area contributed by atoms with Crippen LogP contribution in [-0.4, -0.2) is 56.0 Å². The molecule has 2 aromatic carbocycles. The van der Waals surface area contributed by atoms with Gasteiger partial charge >= 0.3 is 5.97 Å². The van der Waals surface area contributed by atoms with Crippen molar-refractivity contribution in [2.45, 2.75) is 37.8 Å². The molecule has 8 N–H and O–H groups in total. The van der Waals surface area contributed by atoms with Crippen LogP contribution in [0, 0.1) is 20.2 Å². The van der Waals surface area contributed by atoms with Crippen molar-refractivity contribution in [3.05, 3.63) is 68.3 Å². The van der Waals surface area contributed by atoms with Crippen LogP contribution >= 0.6 is 17.0 Å². The molecule has 14 nitrogen and oxygen atoms in total. The number of nitrogens with zero attached hydrogens (tertiary/aromatic N) is 2. The van der Waals surface area contributed by atoms with E-state index in [-0.39, 0.29) is 52.4 Å². The highest BCUT2D eigenvalue weighted by molar-refractivity contribution is 8.93. The Bertz CT molecular complexity index is 1050. The van der Waals surface area contributed by atoms with Crippen molar-refractivity contribution in [3.63, 3.8) is 0 Å². The van der Waals surface area contributed by atoms with Crippen LogP contribution in [0.15, 0.2) is 42.5 Å². The Balaban J connectivity index is 0.00000612. The van der Waals surface area contributed by atoms with Gasteiger partial charge in [-0.3, -0.25) is 25.0 Å². The second-order valence-electron chi connectivity index (χ2n) is 7.51. The Hall–Kier alpha value is -3.82. The highest BCUT2D eigenvalue weighted by atomic mass is 79.9. The number of phenols is 1. The van der Waals surface area contributed by atoms with Crippen LogP contribution in [-0.2, 0) is 16.0 Å². The van der Waals surface area contributed by atoms with Gasteiger partial charge in [0.25, 0.3) is 11.4 Å². The number of benzene rings is 2. The fraction of sp³-hybridized carbons (Fsp3) is 0.333. The SMILES string of the molecule is Br.NC(CCCCNc1ccc([N+](=O)[O-])cc1[N+](=O)[O-])C(=O)NC(Cc1ccc(O)cc1)C(=O)O.O. The second-order valence-corrected chi connectivity index (χ2v) is 7.51. The number of carboxylic acid groups (broad SMARTS) is 1. The third-order valence-electron chi connectivity index (χ3n) is 4.97. The van der Waals surface area contributed by atoms with Gasteiger partial charge in [-0.15, -0.1) is 17.0 Å². The molecule has 0 saturated carbocycles. The van der Waals surface area contributed by atoms with Crippen LogP contribution in [0.5, 0.6) is 5.75 Å². The van der Waals surface area contributed by atoms with Crippen molar-refractivity contribution in [1.29, 1.82) is 0 Å². The average Bonchev–Trinajstić information content (AvgIpc) is 2.79. The molecule has 2 aromatic rings. The summed E-state index contributed by atoms with van der Waals surface area (Å²) < 4.78 is 0. The number of nitrogens with one attached hydrogen (secondary N) is 2. The van der Waals surface area contributed by atoms with Gasteiger partial charge in [0.2, 0.25) is 5.91 Å². The molecule has 0 aromatic heterocycles. The molecule has 0 saturated heterocycles. The molecule has 0 radical (unpaired) electrons. The second kappa shape index (κ2) is 15.2. The van der Waals surface area contributed by atoms with E-state index in [2.05, 4.69) is 10.6 Å². The van der Waals surface area contributed by atoms with Gasteiger partial charge in [0.15, 0.2) is 0 Å². The molecule has 15 heteroatoms. The lowest BCUT2D eigenvalue weighted by Gasteiger charge is -2.18. The number of hydrogen-bond acceptors (Lipinski definition) is 9. The van der Waals surface area contributed by atoms with Crippen LogP contribution in [0.25, 0.3) is 0 Å².